The van der Waals surface area contributed by atoms with E-state index in [1.165, 1.54) is 12.5 Å². The standard InChI is InChI=1S/C23H21N3O4/c1-26-17(12-25-23(27)16-7-8-28-13-16)11-24-22(15-5-3-2-4-6-15)18-9-20-21(10-19(18)26)30-14-29-20/h2-10,13,17H,11-12,14H2,1H3,(H,25,27). The lowest BCUT2D eigenvalue weighted by atomic mass is 9.99. The average molecular weight is 403 g/mol. The Bertz CT molecular complexity index is 1090. The number of furan rings is 1. The highest BCUT2D eigenvalue weighted by Gasteiger charge is 2.28. The van der Waals surface area contributed by atoms with E-state index in [1.807, 2.05) is 49.5 Å². The molecular weight excluding hydrogens is 382 g/mol. The molecule has 2 aliphatic heterocycles. The number of hydrogen-bond acceptors (Lipinski definition) is 6. The maximum absolute atomic E-state index is 12.4. The van der Waals surface area contributed by atoms with E-state index in [0.29, 0.717) is 18.7 Å². The van der Waals surface area contributed by atoms with Crippen molar-refractivity contribution in [3.63, 3.8) is 0 Å². The van der Waals surface area contributed by atoms with Crippen LogP contribution in [0.25, 0.3) is 0 Å². The molecule has 0 radical (unpaired) electrons. The summed E-state index contributed by atoms with van der Waals surface area (Å²) < 4.78 is 16.2. The molecule has 5 rings (SSSR count). The fourth-order valence-electron chi connectivity index (χ4n) is 3.76. The van der Waals surface area contributed by atoms with Crippen molar-refractivity contribution in [3.8, 4) is 11.5 Å². The molecule has 1 aromatic heterocycles. The van der Waals surface area contributed by atoms with E-state index in [9.17, 15) is 4.79 Å². The lowest BCUT2D eigenvalue weighted by molar-refractivity contribution is 0.0950. The van der Waals surface area contributed by atoms with Crippen LogP contribution in [0.2, 0.25) is 0 Å². The van der Waals surface area contributed by atoms with Gasteiger partial charge in [-0.15, -0.1) is 0 Å². The van der Waals surface area contributed by atoms with Gasteiger partial charge in [-0.1, -0.05) is 30.3 Å². The Kier molecular flexibility index (Phi) is 4.63. The number of likely N-dealkylation sites (N-methyl/N-ethyl adjacent to an activating group) is 1. The highest BCUT2D eigenvalue weighted by Crippen LogP contribution is 2.40. The van der Waals surface area contributed by atoms with Crippen LogP contribution in [-0.2, 0) is 0 Å². The fourth-order valence-corrected chi connectivity index (χ4v) is 3.76. The van der Waals surface area contributed by atoms with E-state index < -0.39 is 0 Å². The van der Waals surface area contributed by atoms with Crippen molar-refractivity contribution in [2.75, 3.05) is 31.8 Å². The molecular formula is C23H21N3O4. The first-order chi connectivity index (χ1) is 14.7. The Hall–Kier alpha value is -3.74. The third-order valence-electron chi connectivity index (χ3n) is 5.46. The lowest BCUT2D eigenvalue weighted by Crippen LogP contribution is -2.43. The summed E-state index contributed by atoms with van der Waals surface area (Å²) in [6, 6.07) is 15.7. The summed E-state index contributed by atoms with van der Waals surface area (Å²) in [4.78, 5) is 19.5. The number of hydrogen-bond donors (Lipinski definition) is 1. The highest BCUT2D eigenvalue weighted by atomic mass is 16.7. The summed E-state index contributed by atoms with van der Waals surface area (Å²) in [6.45, 7) is 1.19. The number of nitrogens with zero attached hydrogens (tertiary/aromatic N) is 2. The SMILES string of the molecule is CN1c2cc3c(cc2C(c2ccccc2)=NCC1CNC(=O)c1ccoc1)OCO3. The van der Waals surface area contributed by atoms with Gasteiger partial charge in [-0.05, 0) is 12.1 Å². The maximum Gasteiger partial charge on any atom is 0.254 e. The third-order valence-corrected chi connectivity index (χ3v) is 5.46. The zero-order valence-corrected chi connectivity index (χ0v) is 16.5. The molecule has 3 aromatic rings. The van der Waals surface area contributed by atoms with Crippen molar-refractivity contribution in [1.82, 2.24) is 5.32 Å². The smallest absolute Gasteiger partial charge is 0.254 e. The second kappa shape index (κ2) is 7.59. The minimum atomic E-state index is -0.167. The van der Waals surface area contributed by atoms with Gasteiger partial charge in [0.05, 0.1) is 35.8 Å². The number of fused-ring (bicyclic) bond motifs is 2. The molecule has 1 amide bonds. The summed E-state index contributed by atoms with van der Waals surface area (Å²) in [5, 5.41) is 2.98. The van der Waals surface area contributed by atoms with Crippen molar-refractivity contribution in [3.05, 3.63) is 77.7 Å². The molecule has 1 unspecified atom stereocenters. The van der Waals surface area contributed by atoms with Gasteiger partial charge in [-0.3, -0.25) is 9.79 Å². The number of nitrogens with one attached hydrogen (secondary N) is 1. The van der Waals surface area contributed by atoms with Crippen LogP contribution in [0.5, 0.6) is 11.5 Å². The van der Waals surface area contributed by atoms with Crippen LogP contribution in [0.3, 0.4) is 0 Å². The molecule has 7 heteroatoms. The number of ether oxygens (including phenoxy) is 2. The third kappa shape index (κ3) is 3.28. The van der Waals surface area contributed by atoms with E-state index in [4.69, 9.17) is 18.9 Å². The predicted octanol–water partition coefficient (Wildman–Crippen LogP) is 3.09. The van der Waals surface area contributed by atoms with E-state index in [1.54, 1.807) is 6.07 Å². The number of rotatable bonds is 4. The summed E-state index contributed by atoms with van der Waals surface area (Å²) in [7, 11) is 2.01. The topological polar surface area (TPSA) is 76.3 Å². The first kappa shape index (κ1) is 18.3. The van der Waals surface area contributed by atoms with Crippen LogP contribution >= 0.6 is 0 Å². The molecule has 0 fully saturated rings. The molecule has 30 heavy (non-hydrogen) atoms. The number of aliphatic imine (C=N–C) groups is 1. The Labute approximate surface area is 173 Å². The Morgan fingerprint density at radius 1 is 1.17 bits per heavy atom. The molecule has 1 atom stereocenters. The van der Waals surface area contributed by atoms with Crippen LogP contribution in [0.15, 0.2) is 70.5 Å². The molecule has 0 bridgehead atoms. The summed E-state index contributed by atoms with van der Waals surface area (Å²) >= 11 is 0. The van der Waals surface area contributed by atoms with Gasteiger partial charge in [-0.25, -0.2) is 0 Å². The minimum Gasteiger partial charge on any atom is -0.472 e. The van der Waals surface area contributed by atoms with E-state index in [0.717, 1.165) is 34.0 Å². The van der Waals surface area contributed by atoms with Crippen LogP contribution < -0.4 is 19.7 Å². The van der Waals surface area contributed by atoms with Gasteiger partial charge in [-0.2, -0.15) is 0 Å². The Morgan fingerprint density at radius 3 is 2.73 bits per heavy atom. The molecule has 152 valence electrons. The van der Waals surface area contributed by atoms with Crippen LogP contribution in [0, 0.1) is 0 Å². The van der Waals surface area contributed by atoms with Gasteiger partial charge in [0.25, 0.3) is 5.91 Å². The maximum atomic E-state index is 12.4. The second-order valence-electron chi connectivity index (χ2n) is 7.26. The fraction of sp³-hybridized carbons (Fsp3) is 0.217. The first-order valence-corrected chi connectivity index (χ1v) is 9.78. The number of amides is 1. The van der Waals surface area contributed by atoms with E-state index in [-0.39, 0.29) is 18.7 Å². The van der Waals surface area contributed by atoms with Crippen LogP contribution in [-0.4, -0.2) is 44.6 Å². The zero-order chi connectivity index (χ0) is 20.5. The molecule has 0 aliphatic carbocycles. The normalized spacial score (nSPS) is 17.2. The number of anilines is 1. The van der Waals surface area contributed by atoms with Gasteiger partial charge in [0, 0.05) is 30.8 Å². The number of carbonyl (C=O) groups is 1. The van der Waals surface area contributed by atoms with Gasteiger partial charge in [0.1, 0.15) is 6.26 Å². The molecule has 0 saturated heterocycles. The monoisotopic (exact) mass is 403 g/mol. The van der Waals surface area contributed by atoms with Crippen LogP contribution in [0.4, 0.5) is 5.69 Å². The molecule has 7 nitrogen and oxygen atoms in total. The minimum absolute atomic E-state index is 0.0267. The zero-order valence-electron chi connectivity index (χ0n) is 16.5. The largest absolute Gasteiger partial charge is 0.472 e. The molecule has 0 spiro atoms. The molecule has 0 saturated carbocycles. The molecule has 2 aromatic carbocycles. The van der Waals surface area contributed by atoms with Gasteiger partial charge < -0.3 is 24.1 Å². The van der Waals surface area contributed by atoms with Crippen molar-refractivity contribution in [2.45, 2.75) is 6.04 Å². The Balaban J connectivity index is 1.49. The molecule has 2 aliphatic rings. The number of carbonyl (C=O) groups excluding carboxylic acids is 1. The average Bonchev–Trinajstić information content (AvgIpc) is 3.45. The molecule has 1 N–H and O–H groups in total. The van der Waals surface area contributed by atoms with Gasteiger partial charge >= 0.3 is 0 Å². The number of benzene rings is 2. The second-order valence-corrected chi connectivity index (χ2v) is 7.26. The van der Waals surface area contributed by atoms with Crippen molar-refractivity contribution in [2.24, 2.45) is 4.99 Å². The van der Waals surface area contributed by atoms with Crippen LogP contribution in [0.1, 0.15) is 21.5 Å². The van der Waals surface area contributed by atoms with Crippen molar-refractivity contribution >= 4 is 17.3 Å². The predicted molar refractivity (Wildman–Crippen MR) is 113 cm³/mol. The first-order valence-electron chi connectivity index (χ1n) is 9.78. The molecule has 3 heterocycles. The van der Waals surface area contributed by atoms with Gasteiger partial charge in [0.2, 0.25) is 6.79 Å². The van der Waals surface area contributed by atoms with E-state index in [2.05, 4.69) is 10.2 Å². The van der Waals surface area contributed by atoms with Gasteiger partial charge in [0.15, 0.2) is 11.5 Å². The van der Waals surface area contributed by atoms with E-state index >= 15 is 0 Å². The van der Waals surface area contributed by atoms with Crippen molar-refractivity contribution in [1.29, 1.82) is 0 Å². The summed E-state index contributed by atoms with van der Waals surface area (Å²) in [6.07, 6.45) is 2.93. The quantitative estimate of drug-likeness (QED) is 0.725. The lowest BCUT2D eigenvalue weighted by Gasteiger charge is -2.29. The van der Waals surface area contributed by atoms with Crippen molar-refractivity contribution < 1.29 is 18.7 Å². The summed E-state index contributed by atoms with van der Waals surface area (Å²) in [5.74, 6) is 1.27. The summed E-state index contributed by atoms with van der Waals surface area (Å²) in [5.41, 5.74) is 4.41. The Morgan fingerprint density at radius 2 is 1.97 bits per heavy atom. The highest BCUT2D eigenvalue weighted by molar-refractivity contribution is 6.16.